The molecule has 4 atom stereocenters. The van der Waals surface area contributed by atoms with Gasteiger partial charge in [-0.1, -0.05) is 0 Å². The fourth-order valence-corrected chi connectivity index (χ4v) is 1.25. The summed E-state index contributed by atoms with van der Waals surface area (Å²) in [6, 6.07) is 0. The van der Waals surface area contributed by atoms with Gasteiger partial charge in [0.05, 0.1) is 12.7 Å². The maximum Gasteiger partial charge on any atom is 0.186 e. The van der Waals surface area contributed by atoms with E-state index < -0.39 is 24.6 Å². The van der Waals surface area contributed by atoms with Crippen molar-refractivity contribution in [2.75, 3.05) is 6.61 Å². The molecule has 1 rings (SSSR count). The van der Waals surface area contributed by atoms with Gasteiger partial charge in [0.2, 0.25) is 0 Å². The largest absolute Gasteiger partial charge is 0.394 e. The Morgan fingerprint density at radius 2 is 1.92 bits per heavy atom. The van der Waals surface area contributed by atoms with Crippen LogP contribution in [0.4, 0.5) is 0 Å². The monoisotopic (exact) mass is 192 g/mol. The normalized spacial score (nSPS) is 40.2. The highest BCUT2D eigenvalue weighted by molar-refractivity contribution is 4.86. The van der Waals surface area contributed by atoms with Crippen LogP contribution >= 0.6 is 0 Å². The molecule has 78 valence electrons. The number of ether oxygens (including phenoxy) is 2. The van der Waals surface area contributed by atoms with Crippen molar-refractivity contribution >= 4 is 0 Å². The molecule has 13 heavy (non-hydrogen) atoms. The van der Waals surface area contributed by atoms with Gasteiger partial charge in [-0.15, -0.1) is 0 Å². The zero-order chi connectivity index (χ0) is 10.0. The van der Waals surface area contributed by atoms with E-state index in [-0.39, 0.29) is 12.7 Å². The molecule has 1 aliphatic rings. The van der Waals surface area contributed by atoms with Gasteiger partial charge in [-0.3, -0.25) is 0 Å². The van der Waals surface area contributed by atoms with E-state index in [1.807, 2.05) is 0 Å². The summed E-state index contributed by atoms with van der Waals surface area (Å²) in [7, 11) is 0. The molecule has 1 heterocycles. The molecule has 3 N–H and O–H groups in total. The average Bonchev–Trinajstić information content (AvgIpc) is 2.32. The van der Waals surface area contributed by atoms with E-state index in [1.54, 1.807) is 13.8 Å². The highest BCUT2D eigenvalue weighted by atomic mass is 16.7. The summed E-state index contributed by atoms with van der Waals surface area (Å²) in [5.41, 5.74) is 0. The molecule has 2 unspecified atom stereocenters. The van der Waals surface area contributed by atoms with Gasteiger partial charge in [0, 0.05) is 0 Å². The Labute approximate surface area is 76.9 Å². The Kier molecular flexibility index (Phi) is 3.63. The fraction of sp³-hybridized carbons (Fsp3) is 1.00. The first-order valence-electron chi connectivity index (χ1n) is 4.34. The molecule has 0 aliphatic carbocycles. The summed E-state index contributed by atoms with van der Waals surface area (Å²) in [6.45, 7) is 3.28. The SMILES string of the molecule is CC(C)O[C@@H]1O[C@H](CO)C(O)C1O. The van der Waals surface area contributed by atoms with Crippen molar-refractivity contribution in [3.63, 3.8) is 0 Å². The first-order chi connectivity index (χ1) is 6.06. The Hall–Kier alpha value is -0.200. The van der Waals surface area contributed by atoms with Gasteiger partial charge in [0.25, 0.3) is 0 Å². The van der Waals surface area contributed by atoms with E-state index in [0.29, 0.717) is 0 Å². The summed E-state index contributed by atoms with van der Waals surface area (Å²) < 4.78 is 10.3. The van der Waals surface area contributed by atoms with Gasteiger partial charge in [-0.25, -0.2) is 0 Å². The van der Waals surface area contributed by atoms with Gasteiger partial charge < -0.3 is 24.8 Å². The molecule has 0 aromatic carbocycles. The predicted octanol–water partition coefficient (Wildman–Crippen LogP) is -1.15. The minimum absolute atomic E-state index is 0.0932. The van der Waals surface area contributed by atoms with Crippen molar-refractivity contribution in [3.05, 3.63) is 0 Å². The average molecular weight is 192 g/mol. The lowest BCUT2D eigenvalue weighted by atomic mass is 10.1. The van der Waals surface area contributed by atoms with Crippen LogP contribution in [-0.4, -0.2) is 52.6 Å². The highest BCUT2D eigenvalue weighted by Crippen LogP contribution is 2.22. The van der Waals surface area contributed by atoms with Crippen molar-refractivity contribution in [2.45, 2.75) is 44.6 Å². The first-order valence-corrected chi connectivity index (χ1v) is 4.34. The summed E-state index contributed by atoms with van der Waals surface area (Å²) in [4.78, 5) is 0. The number of aliphatic hydroxyl groups is 3. The zero-order valence-corrected chi connectivity index (χ0v) is 7.75. The number of aliphatic hydroxyl groups excluding tert-OH is 3. The van der Waals surface area contributed by atoms with Crippen molar-refractivity contribution in [1.29, 1.82) is 0 Å². The zero-order valence-electron chi connectivity index (χ0n) is 7.75. The molecule has 0 saturated carbocycles. The predicted molar refractivity (Wildman–Crippen MR) is 44.0 cm³/mol. The van der Waals surface area contributed by atoms with Crippen LogP contribution in [0.15, 0.2) is 0 Å². The van der Waals surface area contributed by atoms with Gasteiger partial charge in [-0.2, -0.15) is 0 Å². The topological polar surface area (TPSA) is 79.2 Å². The molecule has 1 fully saturated rings. The molecule has 5 heteroatoms. The minimum Gasteiger partial charge on any atom is -0.394 e. The second kappa shape index (κ2) is 4.34. The molecule has 5 nitrogen and oxygen atoms in total. The highest BCUT2D eigenvalue weighted by Gasteiger charge is 2.43. The van der Waals surface area contributed by atoms with Crippen LogP contribution in [-0.2, 0) is 9.47 Å². The van der Waals surface area contributed by atoms with Gasteiger partial charge >= 0.3 is 0 Å². The van der Waals surface area contributed by atoms with E-state index in [9.17, 15) is 10.2 Å². The number of hydrogen-bond donors (Lipinski definition) is 3. The third kappa shape index (κ3) is 2.38. The number of rotatable bonds is 3. The fourth-order valence-electron chi connectivity index (χ4n) is 1.25. The van der Waals surface area contributed by atoms with Crippen LogP contribution in [0.1, 0.15) is 13.8 Å². The van der Waals surface area contributed by atoms with Crippen LogP contribution in [0, 0.1) is 0 Å². The molecule has 0 bridgehead atoms. The second-order valence-corrected chi connectivity index (χ2v) is 3.39. The van der Waals surface area contributed by atoms with E-state index in [4.69, 9.17) is 14.6 Å². The van der Waals surface area contributed by atoms with Crippen molar-refractivity contribution in [2.24, 2.45) is 0 Å². The van der Waals surface area contributed by atoms with Gasteiger partial charge in [0.15, 0.2) is 6.29 Å². The number of hydrogen-bond acceptors (Lipinski definition) is 5. The van der Waals surface area contributed by atoms with E-state index >= 15 is 0 Å². The van der Waals surface area contributed by atoms with E-state index in [0.717, 1.165) is 0 Å². The lowest BCUT2D eigenvalue weighted by Gasteiger charge is -2.17. The Morgan fingerprint density at radius 3 is 2.31 bits per heavy atom. The molecular formula is C8H16O5. The van der Waals surface area contributed by atoms with Crippen molar-refractivity contribution < 1.29 is 24.8 Å². The molecule has 0 amide bonds. The third-order valence-corrected chi connectivity index (χ3v) is 1.90. The summed E-state index contributed by atoms with van der Waals surface area (Å²) in [6.07, 6.45) is -3.84. The molecule has 0 aromatic rings. The van der Waals surface area contributed by atoms with E-state index in [1.165, 1.54) is 0 Å². The smallest absolute Gasteiger partial charge is 0.186 e. The quantitative estimate of drug-likeness (QED) is 0.526. The molecule has 0 spiro atoms. The first kappa shape index (κ1) is 10.9. The molecular weight excluding hydrogens is 176 g/mol. The molecule has 0 aromatic heterocycles. The van der Waals surface area contributed by atoms with Crippen LogP contribution < -0.4 is 0 Å². The van der Waals surface area contributed by atoms with Crippen molar-refractivity contribution in [3.8, 4) is 0 Å². The van der Waals surface area contributed by atoms with Crippen LogP contribution in [0.2, 0.25) is 0 Å². The molecule has 1 saturated heterocycles. The van der Waals surface area contributed by atoms with Crippen LogP contribution in [0.3, 0.4) is 0 Å². The third-order valence-electron chi connectivity index (χ3n) is 1.90. The molecule has 0 radical (unpaired) electrons. The standard InChI is InChI=1S/C8H16O5/c1-4(2)12-8-7(11)6(10)5(3-9)13-8/h4-11H,3H2,1-2H3/t5-,6?,7?,8-/m1/s1. The Balaban J connectivity index is 2.50. The molecule has 1 aliphatic heterocycles. The second-order valence-electron chi connectivity index (χ2n) is 3.39. The maximum absolute atomic E-state index is 9.40. The van der Waals surface area contributed by atoms with Gasteiger partial charge in [0.1, 0.15) is 18.3 Å². The van der Waals surface area contributed by atoms with Crippen molar-refractivity contribution in [1.82, 2.24) is 0 Å². The van der Waals surface area contributed by atoms with Crippen LogP contribution in [0.5, 0.6) is 0 Å². The Bertz CT molecular complexity index is 161. The van der Waals surface area contributed by atoms with Crippen LogP contribution in [0.25, 0.3) is 0 Å². The summed E-state index contributed by atoms with van der Waals surface area (Å²) in [5.74, 6) is 0. The van der Waals surface area contributed by atoms with E-state index in [2.05, 4.69) is 0 Å². The maximum atomic E-state index is 9.40. The summed E-state index contributed by atoms with van der Waals surface area (Å²) in [5, 5.41) is 27.5. The van der Waals surface area contributed by atoms with Gasteiger partial charge in [-0.05, 0) is 13.8 Å². The lowest BCUT2D eigenvalue weighted by molar-refractivity contribution is -0.186. The Morgan fingerprint density at radius 1 is 1.31 bits per heavy atom. The minimum atomic E-state index is -1.08. The summed E-state index contributed by atoms with van der Waals surface area (Å²) >= 11 is 0. The lowest BCUT2D eigenvalue weighted by Crippen LogP contribution is -2.35.